The Hall–Kier alpha value is -2.74. The summed E-state index contributed by atoms with van der Waals surface area (Å²) in [5, 5.41) is 1.05. The van der Waals surface area contributed by atoms with E-state index in [4.69, 9.17) is 4.74 Å². The fourth-order valence-corrected chi connectivity index (χ4v) is 6.66. The van der Waals surface area contributed by atoms with Crippen molar-refractivity contribution in [1.29, 1.82) is 0 Å². The molecule has 35 heavy (non-hydrogen) atoms. The maximum atomic E-state index is 13.9. The highest BCUT2D eigenvalue weighted by Gasteiger charge is 2.32. The smallest absolute Gasteiger partial charge is 0.302 e. The lowest BCUT2D eigenvalue weighted by molar-refractivity contribution is -0.142. The number of hydrogen-bond acceptors (Lipinski definition) is 5. The molecule has 0 radical (unpaired) electrons. The molecule has 0 bridgehead atoms. The second kappa shape index (κ2) is 12.8. The fraction of sp³-hybridized carbons (Fsp3) is 0.321. The van der Waals surface area contributed by atoms with Gasteiger partial charge in [0.2, 0.25) is 10.0 Å². The summed E-state index contributed by atoms with van der Waals surface area (Å²) in [5.74, 6) is -0.355. The van der Waals surface area contributed by atoms with E-state index in [1.165, 1.54) is 34.2 Å². The molecule has 1 heterocycles. The molecule has 0 amide bonds. The van der Waals surface area contributed by atoms with E-state index in [-0.39, 0.29) is 25.7 Å². The lowest BCUT2D eigenvalue weighted by Gasteiger charge is -2.26. The van der Waals surface area contributed by atoms with Crippen molar-refractivity contribution in [1.82, 2.24) is 4.31 Å². The van der Waals surface area contributed by atoms with Crippen LogP contribution in [0.25, 0.3) is 0 Å². The number of benzene rings is 2. The van der Waals surface area contributed by atoms with E-state index in [9.17, 15) is 13.2 Å². The van der Waals surface area contributed by atoms with Gasteiger partial charge in [0, 0.05) is 24.9 Å². The minimum Gasteiger partial charge on any atom is -0.461 e. The Balaban J connectivity index is 1.90. The summed E-state index contributed by atoms with van der Waals surface area (Å²) in [6.07, 6.45) is 4.78. The molecule has 0 aliphatic heterocycles. The van der Waals surface area contributed by atoms with Gasteiger partial charge in [-0.25, -0.2) is 8.42 Å². The van der Waals surface area contributed by atoms with Gasteiger partial charge in [-0.3, -0.25) is 4.79 Å². The Bertz CT molecular complexity index is 1200. The summed E-state index contributed by atoms with van der Waals surface area (Å²) in [7, 11) is -3.76. The molecule has 3 rings (SSSR count). The van der Waals surface area contributed by atoms with Crippen molar-refractivity contribution >= 4 is 27.3 Å². The number of hydrogen-bond donors (Lipinski definition) is 0. The van der Waals surface area contributed by atoms with Crippen molar-refractivity contribution < 1.29 is 17.9 Å². The van der Waals surface area contributed by atoms with Crippen LogP contribution in [0.5, 0.6) is 0 Å². The number of carbonyl (C=O) groups excluding carboxylic acids is 1. The molecule has 0 aliphatic carbocycles. The van der Waals surface area contributed by atoms with E-state index in [1.54, 1.807) is 0 Å². The standard InChI is InChI=1S/C28H33NO4S2/c1-4-6-9-23-13-15-24(16-14-23)19-29(35(31,32)28(5-2)27-12-8-17-34-27)20-25-10-7-11-26(18-25)21-33-22(3)30/h5,7-8,10-18,28H,2,4,6,9,19-21H2,1,3H3. The zero-order valence-electron chi connectivity index (χ0n) is 20.4. The van der Waals surface area contributed by atoms with Gasteiger partial charge in [0.25, 0.3) is 0 Å². The third-order valence-electron chi connectivity index (χ3n) is 5.71. The number of esters is 1. The second-order valence-corrected chi connectivity index (χ2v) is 11.5. The predicted molar refractivity (Wildman–Crippen MR) is 142 cm³/mol. The van der Waals surface area contributed by atoms with Crippen molar-refractivity contribution in [2.45, 2.75) is 58.1 Å². The van der Waals surface area contributed by atoms with Crippen LogP contribution in [0.15, 0.2) is 78.7 Å². The van der Waals surface area contributed by atoms with E-state index >= 15 is 0 Å². The van der Waals surface area contributed by atoms with Crippen LogP contribution in [-0.2, 0) is 45.7 Å². The first kappa shape index (κ1) is 26.9. The third kappa shape index (κ3) is 7.62. The first-order chi connectivity index (χ1) is 16.8. The Morgan fingerprint density at radius 3 is 2.34 bits per heavy atom. The number of sulfonamides is 1. The largest absolute Gasteiger partial charge is 0.461 e. The monoisotopic (exact) mass is 511 g/mol. The molecule has 0 N–H and O–H groups in total. The minimum atomic E-state index is -3.76. The van der Waals surface area contributed by atoms with Crippen molar-refractivity contribution in [3.05, 3.63) is 106 Å². The average Bonchev–Trinajstić information content (AvgIpc) is 3.37. The summed E-state index contributed by atoms with van der Waals surface area (Å²) in [6, 6.07) is 19.4. The van der Waals surface area contributed by atoms with E-state index in [2.05, 4.69) is 25.6 Å². The summed E-state index contributed by atoms with van der Waals surface area (Å²) in [4.78, 5) is 11.9. The maximum absolute atomic E-state index is 13.9. The molecule has 0 saturated carbocycles. The number of ether oxygens (including phenoxy) is 1. The summed E-state index contributed by atoms with van der Waals surface area (Å²) >= 11 is 1.41. The van der Waals surface area contributed by atoms with E-state index in [0.29, 0.717) is 0 Å². The van der Waals surface area contributed by atoms with Gasteiger partial charge in [-0.1, -0.05) is 74.0 Å². The summed E-state index contributed by atoms with van der Waals surface area (Å²) < 4.78 is 34.4. The van der Waals surface area contributed by atoms with Gasteiger partial charge in [0.15, 0.2) is 0 Å². The maximum Gasteiger partial charge on any atom is 0.302 e. The van der Waals surface area contributed by atoms with Crippen LogP contribution in [0, 0.1) is 0 Å². The average molecular weight is 512 g/mol. The van der Waals surface area contributed by atoms with Crippen LogP contribution in [-0.4, -0.2) is 18.7 Å². The Morgan fingerprint density at radius 1 is 1.03 bits per heavy atom. The number of carbonyl (C=O) groups is 1. The molecule has 1 atom stereocenters. The van der Waals surface area contributed by atoms with Gasteiger partial charge in [-0.05, 0) is 46.5 Å². The van der Waals surface area contributed by atoms with Crippen molar-refractivity contribution in [3.63, 3.8) is 0 Å². The van der Waals surface area contributed by atoms with Crippen LogP contribution >= 0.6 is 11.3 Å². The van der Waals surface area contributed by atoms with Gasteiger partial charge in [-0.15, -0.1) is 17.9 Å². The second-order valence-electron chi connectivity index (χ2n) is 8.50. The lowest BCUT2D eigenvalue weighted by atomic mass is 10.1. The molecule has 3 aromatic rings. The van der Waals surface area contributed by atoms with Gasteiger partial charge in [0.1, 0.15) is 11.9 Å². The topological polar surface area (TPSA) is 63.7 Å². The van der Waals surface area contributed by atoms with Gasteiger partial charge in [0.05, 0.1) is 0 Å². The molecule has 1 aromatic heterocycles. The number of aryl methyl sites for hydroxylation is 1. The van der Waals surface area contributed by atoms with E-state index in [1.807, 2.05) is 53.9 Å². The predicted octanol–water partition coefficient (Wildman–Crippen LogP) is 6.41. The normalized spacial score (nSPS) is 12.4. The SMILES string of the molecule is C=CC(c1cccs1)S(=O)(=O)N(Cc1ccc(CCCC)cc1)Cc1cccc(COC(C)=O)c1. The molecular formula is C28H33NO4S2. The van der Waals surface area contributed by atoms with Crippen LogP contribution < -0.4 is 0 Å². The molecule has 2 aromatic carbocycles. The van der Waals surface area contributed by atoms with Crippen molar-refractivity contribution in [2.75, 3.05) is 0 Å². The van der Waals surface area contributed by atoms with Gasteiger partial charge < -0.3 is 4.74 Å². The highest BCUT2D eigenvalue weighted by molar-refractivity contribution is 7.89. The van der Waals surface area contributed by atoms with Crippen molar-refractivity contribution in [3.8, 4) is 0 Å². The first-order valence-corrected chi connectivity index (χ1v) is 14.2. The lowest BCUT2D eigenvalue weighted by Crippen LogP contribution is -2.33. The quantitative estimate of drug-likeness (QED) is 0.196. The molecule has 0 fully saturated rings. The number of rotatable bonds is 13. The molecule has 1 unspecified atom stereocenters. The van der Waals surface area contributed by atoms with Crippen LogP contribution in [0.3, 0.4) is 0 Å². The van der Waals surface area contributed by atoms with Crippen LogP contribution in [0.2, 0.25) is 0 Å². The van der Waals surface area contributed by atoms with Crippen LogP contribution in [0.4, 0.5) is 0 Å². The van der Waals surface area contributed by atoms with E-state index in [0.717, 1.165) is 40.8 Å². The van der Waals surface area contributed by atoms with Crippen LogP contribution in [0.1, 0.15) is 59.1 Å². The van der Waals surface area contributed by atoms with Gasteiger partial charge in [-0.2, -0.15) is 4.31 Å². The highest BCUT2D eigenvalue weighted by atomic mass is 32.2. The first-order valence-electron chi connectivity index (χ1n) is 11.8. The zero-order valence-corrected chi connectivity index (χ0v) is 22.0. The number of nitrogens with zero attached hydrogens (tertiary/aromatic N) is 1. The Kier molecular flexibility index (Phi) is 9.83. The minimum absolute atomic E-state index is 0.152. The van der Waals surface area contributed by atoms with Gasteiger partial charge >= 0.3 is 5.97 Å². The molecule has 0 saturated heterocycles. The molecule has 7 heteroatoms. The molecular weight excluding hydrogens is 478 g/mol. The summed E-state index contributed by atoms with van der Waals surface area (Å²) in [5.41, 5.74) is 3.82. The molecule has 186 valence electrons. The van der Waals surface area contributed by atoms with E-state index < -0.39 is 15.3 Å². The van der Waals surface area contributed by atoms with Crippen molar-refractivity contribution in [2.24, 2.45) is 0 Å². The third-order valence-corrected chi connectivity index (χ3v) is 8.88. The number of unbranched alkanes of at least 4 members (excludes halogenated alkanes) is 1. The molecule has 0 aliphatic rings. The molecule has 0 spiro atoms. The fourth-order valence-electron chi connectivity index (χ4n) is 3.84. The zero-order chi connectivity index (χ0) is 25.3. The molecule has 5 nitrogen and oxygen atoms in total. The Morgan fingerprint density at radius 2 is 1.71 bits per heavy atom. The Labute approximate surface area is 213 Å². The number of thiophene rings is 1. The summed E-state index contributed by atoms with van der Waals surface area (Å²) in [6.45, 7) is 7.96. The highest BCUT2D eigenvalue weighted by Crippen LogP contribution is 2.32.